The SMILES string of the molecule is CCOc1ccc(OCC)c(NC(=O)C2CC(=O)N(Cc3ccco3)C2)c1. The van der Waals surface area contributed by atoms with Gasteiger partial charge in [0.2, 0.25) is 11.8 Å². The van der Waals surface area contributed by atoms with E-state index in [1.807, 2.05) is 19.9 Å². The zero-order valence-corrected chi connectivity index (χ0v) is 15.6. The van der Waals surface area contributed by atoms with E-state index in [2.05, 4.69) is 5.32 Å². The number of nitrogens with zero attached hydrogens (tertiary/aromatic N) is 1. The van der Waals surface area contributed by atoms with Crippen LogP contribution in [-0.2, 0) is 16.1 Å². The quantitative estimate of drug-likeness (QED) is 0.770. The summed E-state index contributed by atoms with van der Waals surface area (Å²) in [6, 6.07) is 8.90. The Morgan fingerprint density at radius 3 is 2.78 bits per heavy atom. The molecule has 7 nitrogen and oxygen atoms in total. The number of rotatable bonds is 8. The lowest BCUT2D eigenvalue weighted by molar-refractivity contribution is -0.128. The molecule has 1 atom stereocenters. The summed E-state index contributed by atoms with van der Waals surface area (Å²) < 4.78 is 16.4. The summed E-state index contributed by atoms with van der Waals surface area (Å²) in [6.07, 6.45) is 1.75. The van der Waals surface area contributed by atoms with E-state index in [-0.39, 0.29) is 18.2 Å². The van der Waals surface area contributed by atoms with Gasteiger partial charge in [0.1, 0.15) is 17.3 Å². The van der Waals surface area contributed by atoms with Crippen LogP contribution in [0.15, 0.2) is 41.0 Å². The molecule has 1 aromatic carbocycles. The maximum Gasteiger partial charge on any atom is 0.229 e. The van der Waals surface area contributed by atoms with Gasteiger partial charge < -0.3 is 24.1 Å². The normalized spacial score (nSPS) is 16.4. The molecule has 1 aliphatic heterocycles. The molecule has 1 aliphatic rings. The predicted octanol–water partition coefficient (Wildman–Crippen LogP) is 3.06. The van der Waals surface area contributed by atoms with Gasteiger partial charge in [-0.25, -0.2) is 0 Å². The first-order valence-electron chi connectivity index (χ1n) is 9.11. The minimum atomic E-state index is -0.419. The summed E-state index contributed by atoms with van der Waals surface area (Å²) in [4.78, 5) is 26.6. The lowest BCUT2D eigenvalue weighted by atomic mass is 10.1. The van der Waals surface area contributed by atoms with Crippen molar-refractivity contribution in [3.05, 3.63) is 42.4 Å². The average Bonchev–Trinajstić information content (AvgIpc) is 3.28. The molecule has 1 unspecified atom stereocenters. The van der Waals surface area contributed by atoms with E-state index in [9.17, 15) is 9.59 Å². The van der Waals surface area contributed by atoms with Crippen molar-refractivity contribution in [2.24, 2.45) is 5.92 Å². The molecule has 3 rings (SSSR count). The summed E-state index contributed by atoms with van der Waals surface area (Å²) in [6.45, 7) is 5.52. The smallest absolute Gasteiger partial charge is 0.229 e. The maximum absolute atomic E-state index is 12.7. The Morgan fingerprint density at radius 2 is 2.07 bits per heavy atom. The fraction of sp³-hybridized carbons (Fsp3) is 0.400. The van der Waals surface area contributed by atoms with Gasteiger partial charge in [-0.2, -0.15) is 0 Å². The van der Waals surface area contributed by atoms with Crippen LogP contribution in [0, 0.1) is 5.92 Å². The topological polar surface area (TPSA) is 81.0 Å². The fourth-order valence-electron chi connectivity index (χ4n) is 3.07. The van der Waals surface area contributed by atoms with E-state index in [0.717, 1.165) is 0 Å². The van der Waals surface area contributed by atoms with E-state index < -0.39 is 5.92 Å². The molecule has 0 aliphatic carbocycles. The molecule has 7 heteroatoms. The second kappa shape index (κ2) is 8.62. The Balaban J connectivity index is 1.67. The van der Waals surface area contributed by atoms with Crippen LogP contribution in [0.4, 0.5) is 5.69 Å². The standard InChI is InChI=1S/C20H24N2O5/c1-3-25-15-7-8-18(26-4-2)17(11-15)21-20(24)14-10-19(23)22(12-14)13-16-6-5-9-27-16/h5-9,11,14H,3-4,10,12-13H2,1-2H3,(H,21,24). The molecule has 2 amide bonds. The molecule has 2 heterocycles. The van der Waals surface area contributed by atoms with Gasteiger partial charge >= 0.3 is 0 Å². The van der Waals surface area contributed by atoms with Crippen molar-refractivity contribution in [1.29, 1.82) is 0 Å². The first-order chi connectivity index (χ1) is 13.1. The molecule has 0 radical (unpaired) electrons. The van der Waals surface area contributed by atoms with E-state index in [4.69, 9.17) is 13.9 Å². The number of likely N-dealkylation sites (tertiary alicyclic amines) is 1. The second-order valence-electron chi connectivity index (χ2n) is 6.27. The van der Waals surface area contributed by atoms with Crippen LogP contribution >= 0.6 is 0 Å². The molecule has 0 spiro atoms. The van der Waals surface area contributed by atoms with Gasteiger partial charge in [0, 0.05) is 19.0 Å². The number of carbonyl (C=O) groups excluding carboxylic acids is 2. The zero-order chi connectivity index (χ0) is 19.2. The number of hydrogen-bond acceptors (Lipinski definition) is 5. The molecule has 1 fully saturated rings. The van der Waals surface area contributed by atoms with Crippen LogP contribution in [0.1, 0.15) is 26.0 Å². The first-order valence-corrected chi connectivity index (χ1v) is 9.11. The molecule has 2 aromatic rings. The molecule has 0 bridgehead atoms. The van der Waals surface area contributed by atoms with E-state index >= 15 is 0 Å². The van der Waals surface area contributed by atoms with Crippen LogP contribution in [-0.4, -0.2) is 36.5 Å². The first kappa shape index (κ1) is 18.8. The lowest BCUT2D eigenvalue weighted by Crippen LogP contribution is -2.28. The lowest BCUT2D eigenvalue weighted by Gasteiger charge is -2.17. The van der Waals surface area contributed by atoms with Gasteiger partial charge in [-0.3, -0.25) is 9.59 Å². The predicted molar refractivity (Wildman–Crippen MR) is 99.6 cm³/mol. The van der Waals surface area contributed by atoms with Crippen LogP contribution in [0.2, 0.25) is 0 Å². The van der Waals surface area contributed by atoms with Crippen LogP contribution in [0.25, 0.3) is 0 Å². The van der Waals surface area contributed by atoms with Crippen molar-refractivity contribution in [3.8, 4) is 11.5 Å². The van der Waals surface area contributed by atoms with Gasteiger partial charge in [0.25, 0.3) is 0 Å². The summed E-state index contributed by atoms with van der Waals surface area (Å²) in [7, 11) is 0. The fourth-order valence-corrected chi connectivity index (χ4v) is 3.07. The van der Waals surface area contributed by atoms with Gasteiger partial charge in [-0.15, -0.1) is 0 Å². The second-order valence-corrected chi connectivity index (χ2v) is 6.27. The third-order valence-electron chi connectivity index (χ3n) is 4.33. The minimum Gasteiger partial charge on any atom is -0.494 e. The van der Waals surface area contributed by atoms with Crippen LogP contribution < -0.4 is 14.8 Å². The van der Waals surface area contributed by atoms with E-state index in [1.165, 1.54) is 0 Å². The van der Waals surface area contributed by atoms with Crippen LogP contribution in [0.3, 0.4) is 0 Å². The number of furan rings is 1. The monoisotopic (exact) mass is 372 g/mol. The van der Waals surface area contributed by atoms with Crippen molar-refractivity contribution in [2.45, 2.75) is 26.8 Å². The largest absolute Gasteiger partial charge is 0.494 e. The number of anilines is 1. The highest BCUT2D eigenvalue weighted by Crippen LogP contribution is 2.31. The third-order valence-corrected chi connectivity index (χ3v) is 4.33. The average molecular weight is 372 g/mol. The summed E-state index contributed by atoms with van der Waals surface area (Å²) in [5.41, 5.74) is 0.546. The highest BCUT2D eigenvalue weighted by atomic mass is 16.5. The number of benzene rings is 1. The molecule has 144 valence electrons. The highest BCUT2D eigenvalue weighted by molar-refractivity contribution is 5.98. The zero-order valence-electron chi connectivity index (χ0n) is 15.6. The van der Waals surface area contributed by atoms with Gasteiger partial charge in [0.05, 0.1) is 37.6 Å². The van der Waals surface area contributed by atoms with Crippen molar-refractivity contribution >= 4 is 17.5 Å². The number of amides is 2. The Labute approximate surface area is 158 Å². The molecule has 1 saturated heterocycles. The van der Waals surface area contributed by atoms with E-state index in [1.54, 1.807) is 35.4 Å². The minimum absolute atomic E-state index is 0.0559. The van der Waals surface area contributed by atoms with Crippen molar-refractivity contribution in [3.63, 3.8) is 0 Å². The number of nitrogens with one attached hydrogen (secondary N) is 1. The Bertz CT molecular complexity index is 788. The highest BCUT2D eigenvalue weighted by Gasteiger charge is 2.35. The Kier molecular flexibility index (Phi) is 6.01. The molecule has 1 aromatic heterocycles. The van der Waals surface area contributed by atoms with Crippen molar-refractivity contribution < 1.29 is 23.5 Å². The third kappa shape index (κ3) is 4.61. The number of ether oxygens (including phenoxy) is 2. The summed E-state index contributed by atoms with van der Waals surface area (Å²) >= 11 is 0. The van der Waals surface area contributed by atoms with Crippen LogP contribution in [0.5, 0.6) is 11.5 Å². The maximum atomic E-state index is 12.7. The summed E-state index contributed by atoms with van der Waals surface area (Å²) in [5.74, 6) is 1.24. The molecule has 27 heavy (non-hydrogen) atoms. The van der Waals surface area contributed by atoms with Crippen molar-refractivity contribution in [1.82, 2.24) is 4.90 Å². The molecular formula is C20H24N2O5. The molecule has 1 N–H and O–H groups in total. The number of carbonyl (C=O) groups is 2. The number of hydrogen-bond donors (Lipinski definition) is 1. The van der Waals surface area contributed by atoms with Gasteiger partial charge in [0.15, 0.2) is 0 Å². The van der Waals surface area contributed by atoms with Gasteiger partial charge in [-0.05, 0) is 38.1 Å². The summed E-state index contributed by atoms with van der Waals surface area (Å²) in [5, 5.41) is 2.89. The van der Waals surface area contributed by atoms with Gasteiger partial charge in [-0.1, -0.05) is 0 Å². The van der Waals surface area contributed by atoms with E-state index in [0.29, 0.717) is 49.2 Å². The Hall–Kier alpha value is -2.96. The molecular weight excluding hydrogens is 348 g/mol. The molecule has 0 saturated carbocycles. The van der Waals surface area contributed by atoms with Crippen molar-refractivity contribution in [2.75, 3.05) is 25.1 Å². The Morgan fingerprint density at radius 1 is 1.26 bits per heavy atom.